The van der Waals surface area contributed by atoms with Crippen molar-refractivity contribution in [2.24, 2.45) is 0 Å². The monoisotopic (exact) mass is 393 g/mol. The minimum Gasteiger partial charge on any atom is -0.496 e. The molecule has 28 heavy (non-hydrogen) atoms. The van der Waals surface area contributed by atoms with Gasteiger partial charge in [-0.1, -0.05) is 18.2 Å². The Hall–Kier alpha value is -2.73. The van der Waals surface area contributed by atoms with Crippen LogP contribution in [0.2, 0.25) is 0 Å². The highest BCUT2D eigenvalue weighted by atomic mass is 32.1. The van der Waals surface area contributed by atoms with Crippen molar-refractivity contribution < 1.29 is 9.53 Å². The lowest BCUT2D eigenvalue weighted by molar-refractivity contribution is 0.0710. The summed E-state index contributed by atoms with van der Waals surface area (Å²) in [5.41, 5.74) is 5.46. The Labute approximate surface area is 169 Å². The molecule has 0 spiro atoms. The Morgan fingerprint density at radius 3 is 2.86 bits per heavy atom. The average molecular weight is 394 g/mol. The number of amides is 1. The van der Waals surface area contributed by atoms with Gasteiger partial charge in [-0.25, -0.2) is 4.98 Å². The fraction of sp³-hybridized carbons (Fsp3) is 0.318. The van der Waals surface area contributed by atoms with Gasteiger partial charge in [0, 0.05) is 30.3 Å². The van der Waals surface area contributed by atoms with E-state index in [9.17, 15) is 4.79 Å². The largest absolute Gasteiger partial charge is 0.496 e. The van der Waals surface area contributed by atoms with Gasteiger partial charge in [0.2, 0.25) is 0 Å². The predicted octanol–water partition coefficient (Wildman–Crippen LogP) is 4.54. The molecule has 0 radical (unpaired) electrons. The van der Waals surface area contributed by atoms with Crippen molar-refractivity contribution in [2.45, 2.75) is 25.7 Å². The zero-order valence-electron chi connectivity index (χ0n) is 16.1. The summed E-state index contributed by atoms with van der Waals surface area (Å²) in [5, 5.41) is 0. The summed E-state index contributed by atoms with van der Waals surface area (Å²) < 4.78 is 5.49. The third-order valence-electron chi connectivity index (χ3n) is 5.22. The Kier molecular flexibility index (Phi) is 5.39. The SMILES string of the molecule is COc1ccccc1-c1cccc([C@@H]2CCCN(C(=O)c3scnc3C)C2)n1. The number of hydrogen-bond donors (Lipinski definition) is 0. The Morgan fingerprint density at radius 1 is 1.21 bits per heavy atom. The molecule has 144 valence electrons. The number of benzene rings is 1. The van der Waals surface area contributed by atoms with Crippen molar-refractivity contribution >= 4 is 17.2 Å². The van der Waals surface area contributed by atoms with Gasteiger partial charge in [0.1, 0.15) is 10.6 Å². The van der Waals surface area contributed by atoms with Gasteiger partial charge in [-0.15, -0.1) is 11.3 Å². The topological polar surface area (TPSA) is 55.3 Å². The number of carbonyl (C=O) groups excluding carboxylic acids is 1. The molecule has 2 aromatic heterocycles. The normalized spacial score (nSPS) is 16.8. The standard InChI is InChI=1S/C22H23N3O2S/c1-15-21(28-14-23-15)22(26)25-12-6-7-16(13-25)18-9-5-10-19(24-18)17-8-3-4-11-20(17)27-2/h3-5,8-11,14,16H,6-7,12-13H2,1-2H3/t16-/m1/s1. The molecule has 0 saturated carbocycles. The minimum absolute atomic E-state index is 0.0885. The number of likely N-dealkylation sites (tertiary alicyclic amines) is 1. The molecular formula is C22H23N3O2S. The van der Waals surface area contributed by atoms with Gasteiger partial charge in [-0.2, -0.15) is 0 Å². The Balaban J connectivity index is 1.58. The molecule has 3 aromatic rings. The molecular weight excluding hydrogens is 370 g/mol. The molecule has 3 heterocycles. The summed E-state index contributed by atoms with van der Waals surface area (Å²) in [7, 11) is 1.68. The number of carbonyl (C=O) groups is 1. The maximum atomic E-state index is 12.9. The van der Waals surface area contributed by atoms with Gasteiger partial charge in [-0.3, -0.25) is 9.78 Å². The van der Waals surface area contributed by atoms with Crippen LogP contribution in [0.3, 0.4) is 0 Å². The molecule has 0 aliphatic carbocycles. The molecule has 1 saturated heterocycles. The first kappa shape index (κ1) is 18.6. The van der Waals surface area contributed by atoms with Crippen LogP contribution < -0.4 is 4.74 Å². The van der Waals surface area contributed by atoms with Crippen LogP contribution in [-0.4, -0.2) is 41.0 Å². The van der Waals surface area contributed by atoms with Crippen LogP contribution in [0.5, 0.6) is 5.75 Å². The molecule has 5 nitrogen and oxygen atoms in total. The van der Waals surface area contributed by atoms with Crippen LogP contribution in [0.25, 0.3) is 11.3 Å². The lowest BCUT2D eigenvalue weighted by Crippen LogP contribution is -2.39. The molecule has 1 fully saturated rings. The van der Waals surface area contributed by atoms with E-state index in [0.29, 0.717) is 6.54 Å². The second-order valence-electron chi connectivity index (χ2n) is 7.01. The number of pyridine rings is 1. The summed E-state index contributed by atoms with van der Waals surface area (Å²) in [4.78, 5) is 24.7. The number of methoxy groups -OCH3 is 1. The number of para-hydroxylation sites is 1. The molecule has 0 N–H and O–H groups in total. The number of thiazole rings is 1. The number of ether oxygens (including phenoxy) is 1. The van der Waals surface area contributed by atoms with E-state index in [-0.39, 0.29) is 11.8 Å². The van der Waals surface area contributed by atoms with Gasteiger partial charge in [0.25, 0.3) is 5.91 Å². The summed E-state index contributed by atoms with van der Waals surface area (Å²) in [6.45, 7) is 3.38. The lowest BCUT2D eigenvalue weighted by Gasteiger charge is -2.32. The van der Waals surface area contributed by atoms with Crippen LogP contribution in [-0.2, 0) is 0 Å². The average Bonchev–Trinajstić information content (AvgIpc) is 3.19. The third-order valence-corrected chi connectivity index (χ3v) is 6.14. The first-order chi connectivity index (χ1) is 13.7. The molecule has 4 rings (SSSR count). The molecule has 6 heteroatoms. The Morgan fingerprint density at radius 2 is 2.07 bits per heavy atom. The van der Waals surface area contributed by atoms with Crippen LogP contribution in [0.15, 0.2) is 48.0 Å². The fourth-order valence-electron chi connectivity index (χ4n) is 3.74. The van der Waals surface area contributed by atoms with Crippen LogP contribution >= 0.6 is 11.3 Å². The first-order valence-corrected chi connectivity index (χ1v) is 10.3. The van der Waals surface area contributed by atoms with Crippen molar-refractivity contribution in [3.05, 3.63) is 64.2 Å². The second kappa shape index (κ2) is 8.10. The lowest BCUT2D eigenvalue weighted by atomic mass is 9.93. The molecule has 1 amide bonds. The molecule has 1 aliphatic rings. The second-order valence-corrected chi connectivity index (χ2v) is 7.86. The zero-order valence-corrected chi connectivity index (χ0v) is 16.9. The van der Waals surface area contributed by atoms with E-state index in [4.69, 9.17) is 9.72 Å². The highest BCUT2D eigenvalue weighted by molar-refractivity contribution is 7.11. The van der Waals surface area contributed by atoms with Gasteiger partial charge >= 0.3 is 0 Å². The predicted molar refractivity (Wildman–Crippen MR) is 111 cm³/mol. The van der Waals surface area contributed by atoms with E-state index < -0.39 is 0 Å². The van der Waals surface area contributed by atoms with Crippen molar-refractivity contribution in [2.75, 3.05) is 20.2 Å². The molecule has 0 unspecified atom stereocenters. The van der Waals surface area contributed by atoms with Crippen LogP contribution in [0.1, 0.15) is 39.8 Å². The van der Waals surface area contributed by atoms with Crippen molar-refractivity contribution in [3.8, 4) is 17.0 Å². The van der Waals surface area contributed by atoms with Crippen molar-refractivity contribution in [3.63, 3.8) is 0 Å². The van der Waals surface area contributed by atoms with Gasteiger partial charge in [0.15, 0.2) is 0 Å². The van der Waals surface area contributed by atoms with Crippen LogP contribution in [0.4, 0.5) is 0 Å². The van der Waals surface area contributed by atoms with Gasteiger partial charge in [0.05, 0.1) is 24.0 Å². The first-order valence-electron chi connectivity index (χ1n) is 9.47. The van der Waals surface area contributed by atoms with Gasteiger partial charge in [-0.05, 0) is 44.0 Å². The summed E-state index contributed by atoms with van der Waals surface area (Å²) in [6.07, 6.45) is 2.02. The third kappa shape index (κ3) is 3.64. The number of aromatic nitrogens is 2. The van der Waals surface area contributed by atoms with E-state index in [1.54, 1.807) is 12.6 Å². The Bertz CT molecular complexity index is 985. The number of piperidine rings is 1. The number of aryl methyl sites for hydroxylation is 1. The minimum atomic E-state index is 0.0885. The molecule has 1 atom stereocenters. The molecule has 1 aliphatic heterocycles. The maximum absolute atomic E-state index is 12.9. The molecule has 0 bridgehead atoms. The van der Waals surface area contributed by atoms with Crippen molar-refractivity contribution in [1.29, 1.82) is 0 Å². The van der Waals surface area contributed by atoms with E-state index in [0.717, 1.165) is 52.7 Å². The highest BCUT2D eigenvalue weighted by Crippen LogP contribution is 2.32. The van der Waals surface area contributed by atoms with Crippen LogP contribution in [0, 0.1) is 6.92 Å². The number of rotatable bonds is 4. The summed E-state index contributed by atoms with van der Waals surface area (Å²) in [6, 6.07) is 14.0. The van der Waals surface area contributed by atoms with E-state index in [1.165, 1.54) is 11.3 Å². The highest BCUT2D eigenvalue weighted by Gasteiger charge is 2.28. The smallest absolute Gasteiger partial charge is 0.265 e. The fourth-order valence-corrected chi connectivity index (χ4v) is 4.51. The molecule has 1 aromatic carbocycles. The number of hydrogen-bond acceptors (Lipinski definition) is 5. The summed E-state index contributed by atoms with van der Waals surface area (Å²) >= 11 is 1.42. The van der Waals surface area contributed by atoms with E-state index >= 15 is 0 Å². The quantitative estimate of drug-likeness (QED) is 0.653. The van der Waals surface area contributed by atoms with E-state index in [1.807, 2.05) is 48.2 Å². The zero-order chi connectivity index (χ0) is 19.5. The number of nitrogens with zero attached hydrogens (tertiary/aromatic N) is 3. The van der Waals surface area contributed by atoms with Crippen molar-refractivity contribution in [1.82, 2.24) is 14.9 Å². The van der Waals surface area contributed by atoms with Gasteiger partial charge < -0.3 is 9.64 Å². The van der Waals surface area contributed by atoms with E-state index in [2.05, 4.69) is 11.1 Å². The maximum Gasteiger partial charge on any atom is 0.265 e. The summed E-state index contributed by atoms with van der Waals surface area (Å²) in [5.74, 6) is 1.14.